The smallest absolute Gasteiger partial charge is 0.112 e. The largest absolute Gasteiger partial charge is 0.370 e. The summed E-state index contributed by atoms with van der Waals surface area (Å²) in [5, 5.41) is 0. The predicted octanol–water partition coefficient (Wildman–Crippen LogP) is 1.75. The summed E-state index contributed by atoms with van der Waals surface area (Å²) in [5.41, 5.74) is 6.54. The molecule has 0 bridgehead atoms. The number of hydrogen-bond acceptors (Lipinski definition) is 3. The number of nitrogens with two attached hydrogens (primary N) is 1. The van der Waals surface area contributed by atoms with E-state index in [1.165, 1.54) is 0 Å². The van der Waals surface area contributed by atoms with Gasteiger partial charge in [0.25, 0.3) is 0 Å². The molecule has 0 saturated carbocycles. The number of ether oxygens (including phenoxy) is 1. The van der Waals surface area contributed by atoms with Crippen LogP contribution in [0.3, 0.4) is 0 Å². The third-order valence-corrected chi connectivity index (χ3v) is 1.86. The molecule has 0 aliphatic carbocycles. The molecule has 0 amide bonds. The first-order valence-corrected chi connectivity index (χ1v) is 4.96. The first-order chi connectivity index (χ1) is 6.74. The van der Waals surface area contributed by atoms with Crippen LogP contribution < -0.4 is 5.73 Å². The maximum absolute atomic E-state index is 5.65. The lowest BCUT2D eigenvalue weighted by Gasteiger charge is -2.16. The fourth-order valence-electron chi connectivity index (χ4n) is 1.15. The highest BCUT2D eigenvalue weighted by Crippen LogP contribution is 2.13. The molecule has 1 rings (SSSR count). The molecule has 0 saturated heterocycles. The maximum Gasteiger partial charge on any atom is 0.112 e. The Morgan fingerprint density at radius 1 is 1.43 bits per heavy atom. The van der Waals surface area contributed by atoms with E-state index in [0.29, 0.717) is 12.5 Å². The highest BCUT2D eigenvalue weighted by molar-refractivity contribution is 5.07. The van der Waals surface area contributed by atoms with Gasteiger partial charge in [0.05, 0.1) is 5.69 Å². The maximum atomic E-state index is 5.65. The second-order valence-corrected chi connectivity index (χ2v) is 3.71. The number of rotatable bonds is 5. The zero-order valence-electron chi connectivity index (χ0n) is 8.81. The summed E-state index contributed by atoms with van der Waals surface area (Å²) in [7, 11) is 0. The molecule has 0 aromatic carbocycles. The molecular weight excluding hydrogens is 176 g/mol. The summed E-state index contributed by atoms with van der Waals surface area (Å²) >= 11 is 0. The van der Waals surface area contributed by atoms with E-state index in [2.05, 4.69) is 18.8 Å². The van der Waals surface area contributed by atoms with Gasteiger partial charge in [-0.3, -0.25) is 4.98 Å². The number of nitrogens with zero attached hydrogens (tertiary/aromatic N) is 1. The van der Waals surface area contributed by atoms with E-state index in [1.54, 1.807) is 6.20 Å². The minimum absolute atomic E-state index is 0.0707. The Hall–Kier alpha value is -0.930. The lowest BCUT2D eigenvalue weighted by molar-refractivity contribution is 0.0380. The minimum atomic E-state index is -0.0707. The van der Waals surface area contributed by atoms with Crippen LogP contribution in [0.15, 0.2) is 24.4 Å². The van der Waals surface area contributed by atoms with Gasteiger partial charge in [-0.1, -0.05) is 19.9 Å². The molecular formula is C11H18N2O. The molecule has 1 aromatic heterocycles. The molecule has 78 valence electrons. The van der Waals surface area contributed by atoms with Crippen molar-refractivity contribution in [3.05, 3.63) is 30.1 Å². The molecule has 0 spiro atoms. The van der Waals surface area contributed by atoms with Gasteiger partial charge in [-0.15, -0.1) is 0 Å². The fraction of sp³-hybridized carbons (Fsp3) is 0.545. The zero-order valence-corrected chi connectivity index (χ0v) is 8.81. The Bertz CT molecular complexity index is 249. The molecule has 3 heteroatoms. The van der Waals surface area contributed by atoms with Crippen molar-refractivity contribution in [2.75, 3.05) is 13.2 Å². The lowest BCUT2D eigenvalue weighted by atomic mass is 10.2. The third kappa shape index (κ3) is 3.44. The van der Waals surface area contributed by atoms with Gasteiger partial charge in [0.1, 0.15) is 6.10 Å². The number of pyridine rings is 1. The Morgan fingerprint density at radius 3 is 2.71 bits per heavy atom. The Balaban J connectivity index is 2.54. The molecule has 1 heterocycles. The van der Waals surface area contributed by atoms with Crippen LogP contribution >= 0.6 is 0 Å². The van der Waals surface area contributed by atoms with Crippen LogP contribution in [0.1, 0.15) is 25.6 Å². The van der Waals surface area contributed by atoms with Crippen LogP contribution in [0.2, 0.25) is 0 Å². The first-order valence-electron chi connectivity index (χ1n) is 4.96. The molecule has 0 fully saturated rings. The third-order valence-electron chi connectivity index (χ3n) is 1.86. The average Bonchev–Trinajstić information content (AvgIpc) is 2.20. The summed E-state index contributed by atoms with van der Waals surface area (Å²) in [6.07, 6.45) is 1.69. The van der Waals surface area contributed by atoms with Crippen molar-refractivity contribution in [1.82, 2.24) is 4.98 Å². The molecule has 3 nitrogen and oxygen atoms in total. The van der Waals surface area contributed by atoms with Gasteiger partial charge in [0, 0.05) is 19.3 Å². The lowest BCUT2D eigenvalue weighted by Crippen LogP contribution is -2.19. The summed E-state index contributed by atoms with van der Waals surface area (Å²) < 4.78 is 5.65. The van der Waals surface area contributed by atoms with Crippen molar-refractivity contribution < 1.29 is 4.74 Å². The summed E-state index contributed by atoms with van der Waals surface area (Å²) in [6, 6.07) is 5.78. The second-order valence-electron chi connectivity index (χ2n) is 3.71. The van der Waals surface area contributed by atoms with Crippen LogP contribution in [0.25, 0.3) is 0 Å². The minimum Gasteiger partial charge on any atom is -0.370 e. The molecule has 14 heavy (non-hydrogen) atoms. The van der Waals surface area contributed by atoms with Crippen molar-refractivity contribution >= 4 is 0 Å². The van der Waals surface area contributed by atoms with Crippen LogP contribution in [0, 0.1) is 5.92 Å². The van der Waals surface area contributed by atoms with E-state index in [1.807, 2.05) is 18.2 Å². The number of hydrogen-bond donors (Lipinski definition) is 1. The van der Waals surface area contributed by atoms with E-state index < -0.39 is 0 Å². The highest BCUT2D eigenvalue weighted by Gasteiger charge is 2.11. The Kier molecular flexibility index (Phi) is 4.56. The Morgan fingerprint density at radius 2 is 2.21 bits per heavy atom. The topological polar surface area (TPSA) is 48.1 Å². The van der Waals surface area contributed by atoms with Crippen molar-refractivity contribution in [3.63, 3.8) is 0 Å². The average molecular weight is 194 g/mol. The van der Waals surface area contributed by atoms with Crippen LogP contribution in [0.4, 0.5) is 0 Å². The van der Waals surface area contributed by atoms with Crippen molar-refractivity contribution in [2.45, 2.75) is 20.0 Å². The van der Waals surface area contributed by atoms with Crippen LogP contribution in [-0.2, 0) is 4.74 Å². The van der Waals surface area contributed by atoms with Gasteiger partial charge < -0.3 is 10.5 Å². The molecule has 2 N–H and O–H groups in total. The first kappa shape index (κ1) is 11.1. The fourth-order valence-corrected chi connectivity index (χ4v) is 1.15. The van der Waals surface area contributed by atoms with Crippen molar-refractivity contribution in [1.29, 1.82) is 0 Å². The van der Waals surface area contributed by atoms with Gasteiger partial charge in [0.2, 0.25) is 0 Å². The van der Waals surface area contributed by atoms with E-state index in [9.17, 15) is 0 Å². The summed E-state index contributed by atoms with van der Waals surface area (Å²) in [5.74, 6) is 0.521. The van der Waals surface area contributed by atoms with Crippen LogP contribution in [0.5, 0.6) is 0 Å². The van der Waals surface area contributed by atoms with Gasteiger partial charge in [-0.05, 0) is 18.1 Å². The standard InChI is InChI=1S/C11H18N2O/c1-9(2)8-14-11(7-12)10-5-3-4-6-13-10/h3-6,9,11H,7-8,12H2,1-2H3. The molecule has 0 aliphatic heterocycles. The van der Waals surface area contributed by atoms with Crippen molar-refractivity contribution in [3.8, 4) is 0 Å². The monoisotopic (exact) mass is 194 g/mol. The van der Waals surface area contributed by atoms with E-state index in [0.717, 1.165) is 12.3 Å². The SMILES string of the molecule is CC(C)COC(CN)c1ccccn1. The van der Waals surface area contributed by atoms with Gasteiger partial charge >= 0.3 is 0 Å². The molecule has 1 aromatic rings. The van der Waals surface area contributed by atoms with E-state index >= 15 is 0 Å². The molecule has 1 unspecified atom stereocenters. The van der Waals surface area contributed by atoms with E-state index in [-0.39, 0.29) is 6.10 Å². The molecule has 1 atom stereocenters. The van der Waals surface area contributed by atoms with Gasteiger partial charge in [-0.2, -0.15) is 0 Å². The van der Waals surface area contributed by atoms with Gasteiger partial charge in [0.15, 0.2) is 0 Å². The van der Waals surface area contributed by atoms with E-state index in [4.69, 9.17) is 10.5 Å². The summed E-state index contributed by atoms with van der Waals surface area (Å²) in [6.45, 7) is 5.43. The molecule has 0 radical (unpaired) electrons. The normalized spacial score (nSPS) is 13.1. The zero-order chi connectivity index (χ0) is 10.4. The summed E-state index contributed by atoms with van der Waals surface area (Å²) in [4.78, 5) is 4.22. The predicted molar refractivity (Wildman–Crippen MR) is 56.8 cm³/mol. The van der Waals surface area contributed by atoms with Gasteiger partial charge in [-0.25, -0.2) is 0 Å². The Labute approximate surface area is 85.3 Å². The molecule has 0 aliphatic rings. The quantitative estimate of drug-likeness (QED) is 0.777. The second kappa shape index (κ2) is 5.73. The number of aromatic nitrogens is 1. The highest BCUT2D eigenvalue weighted by atomic mass is 16.5. The van der Waals surface area contributed by atoms with Crippen LogP contribution in [-0.4, -0.2) is 18.1 Å². The van der Waals surface area contributed by atoms with Crippen molar-refractivity contribution in [2.24, 2.45) is 11.7 Å².